The highest BCUT2D eigenvalue weighted by molar-refractivity contribution is 9.10. The Bertz CT molecular complexity index is 1550. The van der Waals surface area contributed by atoms with Crippen LogP contribution in [0, 0.1) is 0 Å². The molecule has 5 rings (SSSR count). The number of hydrogen-bond acceptors (Lipinski definition) is 6. The van der Waals surface area contributed by atoms with Gasteiger partial charge in [0.05, 0.1) is 11.9 Å². The molecular formula is C32H36BrN3O6S. The fourth-order valence-electron chi connectivity index (χ4n) is 5.55. The Morgan fingerprint density at radius 2 is 1.63 bits per heavy atom. The minimum atomic E-state index is -3.89. The number of hydrogen-bond donors (Lipinski definition) is 1. The molecule has 0 spiro atoms. The number of anilines is 1. The quantitative estimate of drug-likeness (QED) is 0.318. The fourth-order valence-corrected chi connectivity index (χ4v) is 6.84. The first-order valence-electron chi connectivity index (χ1n) is 14.4. The van der Waals surface area contributed by atoms with Gasteiger partial charge < -0.3 is 19.7 Å². The predicted octanol–water partition coefficient (Wildman–Crippen LogP) is 4.69. The molecule has 0 radical (unpaired) electrons. The number of carbonyl (C=O) groups excluding carboxylic acids is 2. The highest BCUT2D eigenvalue weighted by Crippen LogP contribution is 2.35. The summed E-state index contributed by atoms with van der Waals surface area (Å²) in [5, 5.41) is 3.18. The molecule has 1 N–H and O–H groups in total. The van der Waals surface area contributed by atoms with E-state index in [4.69, 9.17) is 9.47 Å². The van der Waals surface area contributed by atoms with Gasteiger partial charge in [-0.25, -0.2) is 8.42 Å². The Morgan fingerprint density at radius 3 is 2.33 bits per heavy atom. The summed E-state index contributed by atoms with van der Waals surface area (Å²) in [5.74, 6) is 0.179. The largest absolute Gasteiger partial charge is 0.486 e. The van der Waals surface area contributed by atoms with Gasteiger partial charge in [-0.2, -0.15) is 0 Å². The van der Waals surface area contributed by atoms with Crippen molar-refractivity contribution in [3.05, 3.63) is 88.4 Å². The molecule has 0 aromatic heterocycles. The molecule has 0 bridgehead atoms. The van der Waals surface area contributed by atoms with Gasteiger partial charge in [-0.15, -0.1) is 0 Å². The van der Waals surface area contributed by atoms with E-state index in [-0.39, 0.29) is 30.6 Å². The van der Waals surface area contributed by atoms with E-state index in [9.17, 15) is 18.0 Å². The summed E-state index contributed by atoms with van der Waals surface area (Å²) < 4.78 is 39.3. The van der Waals surface area contributed by atoms with Crippen molar-refractivity contribution in [1.82, 2.24) is 10.2 Å². The minimum absolute atomic E-state index is 0.0545. The van der Waals surface area contributed by atoms with Gasteiger partial charge in [-0.05, 0) is 48.2 Å². The van der Waals surface area contributed by atoms with Crippen LogP contribution in [-0.2, 0) is 32.6 Å². The molecule has 0 saturated heterocycles. The van der Waals surface area contributed by atoms with Gasteiger partial charge in [0.15, 0.2) is 11.5 Å². The minimum Gasteiger partial charge on any atom is -0.486 e. The SMILES string of the molecule is CS(=O)(=O)N(CC(=O)N(Cc1cccc(Br)c1)[C@@H](Cc1ccccc1)C(=O)NC1CCCC1)c1ccc2c(c1)OCCO2. The van der Waals surface area contributed by atoms with E-state index in [1.165, 1.54) is 4.90 Å². The molecule has 1 saturated carbocycles. The molecule has 43 heavy (non-hydrogen) atoms. The molecule has 11 heteroatoms. The van der Waals surface area contributed by atoms with E-state index in [1.54, 1.807) is 18.2 Å². The third-order valence-corrected chi connectivity index (χ3v) is 9.34. The van der Waals surface area contributed by atoms with Crippen molar-refractivity contribution in [3.8, 4) is 11.5 Å². The number of benzene rings is 3. The van der Waals surface area contributed by atoms with Gasteiger partial charge in [-0.3, -0.25) is 13.9 Å². The topological polar surface area (TPSA) is 105 Å². The summed E-state index contributed by atoms with van der Waals surface area (Å²) in [4.78, 5) is 29.7. The molecule has 1 fully saturated rings. The maximum Gasteiger partial charge on any atom is 0.244 e. The van der Waals surface area contributed by atoms with Crippen LogP contribution in [0.3, 0.4) is 0 Å². The summed E-state index contributed by atoms with van der Waals surface area (Å²) in [6, 6.07) is 21.1. The lowest BCUT2D eigenvalue weighted by atomic mass is 10.0. The Kier molecular flexibility index (Phi) is 9.92. The second-order valence-corrected chi connectivity index (χ2v) is 13.8. The Morgan fingerprint density at radius 1 is 0.930 bits per heavy atom. The van der Waals surface area contributed by atoms with E-state index in [0.29, 0.717) is 24.7 Å². The molecule has 3 aromatic carbocycles. The molecule has 3 aromatic rings. The number of rotatable bonds is 11. The van der Waals surface area contributed by atoms with Gasteiger partial charge in [0, 0.05) is 29.5 Å². The number of nitrogens with zero attached hydrogens (tertiary/aromatic N) is 2. The summed E-state index contributed by atoms with van der Waals surface area (Å²) in [6.45, 7) is 0.365. The van der Waals surface area contributed by atoms with Crippen LogP contribution in [0.4, 0.5) is 5.69 Å². The maximum atomic E-state index is 14.3. The van der Waals surface area contributed by atoms with E-state index < -0.39 is 28.5 Å². The van der Waals surface area contributed by atoms with Crippen LogP contribution in [0.15, 0.2) is 77.3 Å². The van der Waals surface area contributed by atoms with E-state index >= 15 is 0 Å². The third kappa shape index (κ3) is 8.08. The summed E-state index contributed by atoms with van der Waals surface area (Å²) >= 11 is 3.50. The third-order valence-electron chi connectivity index (χ3n) is 7.71. The molecule has 9 nitrogen and oxygen atoms in total. The number of fused-ring (bicyclic) bond motifs is 1. The second-order valence-electron chi connectivity index (χ2n) is 10.9. The van der Waals surface area contributed by atoms with Crippen molar-refractivity contribution in [2.24, 2.45) is 0 Å². The number of ether oxygens (including phenoxy) is 2. The van der Waals surface area contributed by atoms with Crippen molar-refractivity contribution in [2.75, 3.05) is 30.3 Å². The van der Waals surface area contributed by atoms with Crippen LogP contribution in [-0.4, -0.2) is 63.2 Å². The Labute approximate surface area is 261 Å². The van der Waals surface area contributed by atoms with Crippen molar-refractivity contribution < 1.29 is 27.5 Å². The van der Waals surface area contributed by atoms with Gasteiger partial charge in [0.25, 0.3) is 0 Å². The lowest BCUT2D eigenvalue weighted by molar-refractivity contribution is -0.140. The predicted molar refractivity (Wildman–Crippen MR) is 169 cm³/mol. The molecule has 1 atom stereocenters. The number of amides is 2. The van der Waals surface area contributed by atoms with Crippen LogP contribution >= 0.6 is 15.9 Å². The summed E-state index contributed by atoms with van der Waals surface area (Å²) in [6.07, 6.45) is 5.23. The lowest BCUT2D eigenvalue weighted by Gasteiger charge is -2.34. The van der Waals surface area contributed by atoms with Crippen LogP contribution in [0.2, 0.25) is 0 Å². The zero-order chi connectivity index (χ0) is 30.4. The number of nitrogens with one attached hydrogen (secondary N) is 1. The van der Waals surface area contributed by atoms with Gasteiger partial charge >= 0.3 is 0 Å². The van der Waals surface area contributed by atoms with Gasteiger partial charge in [-0.1, -0.05) is 71.2 Å². The molecule has 0 unspecified atom stereocenters. The summed E-state index contributed by atoms with van der Waals surface area (Å²) in [7, 11) is -3.89. The van der Waals surface area contributed by atoms with E-state index in [2.05, 4.69) is 21.2 Å². The Balaban J connectivity index is 1.50. The second kappa shape index (κ2) is 13.8. The molecule has 1 heterocycles. The van der Waals surface area contributed by atoms with Crippen molar-refractivity contribution in [2.45, 2.75) is 50.7 Å². The van der Waals surface area contributed by atoms with Crippen molar-refractivity contribution in [3.63, 3.8) is 0 Å². The monoisotopic (exact) mass is 669 g/mol. The number of halogens is 1. The first-order chi connectivity index (χ1) is 20.7. The molecule has 2 amide bonds. The normalized spacial score (nSPS) is 15.5. The van der Waals surface area contributed by atoms with Crippen LogP contribution in [0.5, 0.6) is 11.5 Å². The standard InChI is InChI=1S/C32H36BrN3O6S/c1-43(39,40)36(27-14-15-29-30(20-27)42-17-16-41-29)22-31(37)35(21-24-10-7-11-25(33)18-24)28(19-23-8-3-2-4-9-23)32(38)34-26-12-5-6-13-26/h2-4,7-11,14-15,18,20,26,28H,5-6,12-13,16-17,19,21-22H2,1H3,(H,34,38)/t28-/m0/s1. The first kappa shape index (κ1) is 30.9. The zero-order valence-electron chi connectivity index (χ0n) is 24.1. The van der Waals surface area contributed by atoms with Crippen molar-refractivity contribution in [1.29, 1.82) is 0 Å². The van der Waals surface area contributed by atoms with E-state index in [1.807, 2.05) is 54.6 Å². The average molecular weight is 671 g/mol. The molecular weight excluding hydrogens is 634 g/mol. The summed E-state index contributed by atoms with van der Waals surface area (Å²) in [5.41, 5.74) is 1.98. The lowest BCUT2D eigenvalue weighted by Crippen LogP contribution is -2.54. The van der Waals surface area contributed by atoms with Crippen LogP contribution in [0.1, 0.15) is 36.8 Å². The van der Waals surface area contributed by atoms with Crippen molar-refractivity contribution >= 4 is 43.5 Å². The molecule has 1 aliphatic carbocycles. The zero-order valence-corrected chi connectivity index (χ0v) is 26.5. The van der Waals surface area contributed by atoms with Gasteiger partial charge in [0.2, 0.25) is 21.8 Å². The van der Waals surface area contributed by atoms with E-state index in [0.717, 1.165) is 51.8 Å². The van der Waals surface area contributed by atoms with Crippen LogP contribution in [0.25, 0.3) is 0 Å². The number of sulfonamides is 1. The van der Waals surface area contributed by atoms with Crippen LogP contribution < -0.4 is 19.1 Å². The maximum absolute atomic E-state index is 14.3. The number of carbonyl (C=O) groups is 2. The first-order valence-corrected chi connectivity index (χ1v) is 17.1. The molecule has 2 aliphatic rings. The average Bonchev–Trinajstić information content (AvgIpc) is 3.50. The van der Waals surface area contributed by atoms with Gasteiger partial charge in [0.1, 0.15) is 25.8 Å². The molecule has 228 valence electrons. The highest BCUT2D eigenvalue weighted by Gasteiger charge is 2.34. The Hall–Kier alpha value is -3.57. The smallest absolute Gasteiger partial charge is 0.244 e. The fraction of sp³-hybridized carbons (Fsp3) is 0.375. The highest BCUT2D eigenvalue weighted by atomic mass is 79.9. The molecule has 1 aliphatic heterocycles.